The first-order chi connectivity index (χ1) is 15.6. The Morgan fingerprint density at radius 2 is 1.94 bits per heavy atom. The average Bonchev–Trinajstić information content (AvgIpc) is 3.46. The van der Waals surface area contributed by atoms with E-state index in [4.69, 9.17) is 5.11 Å². The Morgan fingerprint density at radius 3 is 2.61 bits per heavy atom. The van der Waals surface area contributed by atoms with Gasteiger partial charge in [0.05, 0.1) is 5.56 Å². The number of hydrogen-bond acceptors (Lipinski definition) is 4. The minimum Gasteiger partial charge on any atom is -0.480 e. The molecule has 2 heterocycles. The third kappa shape index (κ3) is 4.86. The molecule has 0 radical (unpaired) electrons. The number of carbonyl (C=O) groups is 3. The van der Waals surface area contributed by atoms with Crippen LogP contribution in [0.2, 0.25) is 0 Å². The molecule has 0 saturated heterocycles. The van der Waals surface area contributed by atoms with Crippen molar-refractivity contribution in [1.82, 2.24) is 14.7 Å². The van der Waals surface area contributed by atoms with Gasteiger partial charge >= 0.3 is 12.1 Å². The third-order valence-electron chi connectivity index (χ3n) is 6.20. The van der Waals surface area contributed by atoms with Crippen molar-refractivity contribution in [3.05, 3.63) is 47.2 Å². The minimum absolute atomic E-state index is 0.0419. The second-order valence-electron chi connectivity index (χ2n) is 8.45. The molecule has 1 unspecified atom stereocenters. The molecule has 0 bridgehead atoms. The molecule has 2 aromatic rings. The lowest BCUT2D eigenvalue weighted by atomic mass is 9.96. The number of alkyl halides is 3. The lowest BCUT2D eigenvalue weighted by Crippen LogP contribution is -2.45. The fourth-order valence-corrected chi connectivity index (χ4v) is 4.67. The molecule has 4 rings (SSSR count). The Bertz CT molecular complexity index is 1080. The highest BCUT2D eigenvalue weighted by Crippen LogP contribution is 2.39. The molecule has 11 heteroatoms. The van der Waals surface area contributed by atoms with Crippen LogP contribution in [0.25, 0.3) is 0 Å². The van der Waals surface area contributed by atoms with Crippen LogP contribution in [-0.2, 0) is 28.9 Å². The largest absolute Gasteiger partial charge is 0.480 e. The maximum absolute atomic E-state index is 13.5. The van der Waals surface area contributed by atoms with Crippen LogP contribution in [-0.4, -0.2) is 43.6 Å². The van der Waals surface area contributed by atoms with E-state index in [1.165, 1.54) is 29.3 Å². The number of nitrogens with zero attached hydrogens (tertiary/aromatic N) is 3. The molecule has 1 aliphatic carbocycles. The molecule has 2 amide bonds. The molecule has 1 saturated carbocycles. The number of benzene rings is 1. The van der Waals surface area contributed by atoms with Crippen molar-refractivity contribution in [2.75, 3.05) is 5.32 Å². The Labute approximate surface area is 187 Å². The Morgan fingerprint density at radius 1 is 1.21 bits per heavy atom. The number of hydrogen-bond donors (Lipinski definition) is 2. The van der Waals surface area contributed by atoms with Crippen molar-refractivity contribution in [2.24, 2.45) is 5.92 Å². The second kappa shape index (κ2) is 8.87. The Hall–Kier alpha value is -3.37. The molecule has 1 atom stereocenters. The minimum atomic E-state index is -4.61. The first kappa shape index (κ1) is 22.8. The number of carboxylic acid groups (broad SMARTS) is 1. The van der Waals surface area contributed by atoms with Crippen LogP contribution >= 0.6 is 0 Å². The Balaban J connectivity index is 1.59. The zero-order valence-electron chi connectivity index (χ0n) is 17.6. The van der Waals surface area contributed by atoms with Gasteiger partial charge in [0.2, 0.25) is 5.91 Å². The first-order valence-corrected chi connectivity index (χ1v) is 10.7. The van der Waals surface area contributed by atoms with Crippen LogP contribution in [0.3, 0.4) is 0 Å². The van der Waals surface area contributed by atoms with E-state index in [-0.39, 0.29) is 36.0 Å². The molecule has 176 valence electrons. The van der Waals surface area contributed by atoms with Gasteiger partial charge in [0.25, 0.3) is 5.91 Å². The summed E-state index contributed by atoms with van der Waals surface area (Å²) in [4.78, 5) is 38.3. The van der Waals surface area contributed by atoms with E-state index >= 15 is 0 Å². The molecule has 8 nitrogen and oxygen atoms in total. The number of halogens is 3. The summed E-state index contributed by atoms with van der Waals surface area (Å²) < 4.78 is 41.6. The number of carbonyl (C=O) groups excluding carboxylic acids is 2. The number of anilines is 1. The summed E-state index contributed by atoms with van der Waals surface area (Å²) in [5.74, 6) is -1.97. The maximum atomic E-state index is 13.5. The van der Waals surface area contributed by atoms with Gasteiger partial charge < -0.3 is 15.3 Å². The van der Waals surface area contributed by atoms with Gasteiger partial charge in [-0.3, -0.25) is 19.1 Å². The van der Waals surface area contributed by atoms with E-state index in [1.54, 1.807) is 0 Å². The highest BCUT2D eigenvalue weighted by atomic mass is 19.4. The number of carboxylic acids is 1. The lowest BCUT2D eigenvalue weighted by molar-refractivity contribution is -0.139. The van der Waals surface area contributed by atoms with Gasteiger partial charge in [0, 0.05) is 24.4 Å². The summed E-state index contributed by atoms with van der Waals surface area (Å²) in [6.07, 6.45) is 0.905. The van der Waals surface area contributed by atoms with Crippen LogP contribution in [0.4, 0.5) is 19.0 Å². The van der Waals surface area contributed by atoms with Gasteiger partial charge in [-0.25, -0.2) is 0 Å². The fraction of sp³-hybridized carbons (Fsp3) is 0.455. The van der Waals surface area contributed by atoms with Crippen molar-refractivity contribution < 1.29 is 32.7 Å². The van der Waals surface area contributed by atoms with Crippen LogP contribution in [0.5, 0.6) is 0 Å². The number of aliphatic carboxylic acids is 1. The molecule has 1 fully saturated rings. The van der Waals surface area contributed by atoms with E-state index in [9.17, 15) is 27.6 Å². The maximum Gasteiger partial charge on any atom is 0.416 e. The van der Waals surface area contributed by atoms with E-state index in [0.717, 1.165) is 36.4 Å². The van der Waals surface area contributed by atoms with Crippen molar-refractivity contribution in [1.29, 1.82) is 0 Å². The molecule has 1 aromatic heterocycles. The molecular weight excluding hydrogens is 441 g/mol. The normalized spacial score (nSPS) is 17.3. The third-order valence-corrected chi connectivity index (χ3v) is 6.20. The van der Waals surface area contributed by atoms with Crippen molar-refractivity contribution in [3.63, 3.8) is 0 Å². The smallest absolute Gasteiger partial charge is 0.416 e. The predicted molar refractivity (Wildman–Crippen MR) is 110 cm³/mol. The summed E-state index contributed by atoms with van der Waals surface area (Å²) in [7, 11) is 0. The van der Waals surface area contributed by atoms with Crippen LogP contribution in [0.1, 0.15) is 53.6 Å². The van der Waals surface area contributed by atoms with Crippen LogP contribution in [0.15, 0.2) is 30.5 Å². The summed E-state index contributed by atoms with van der Waals surface area (Å²) in [5.41, 5.74) is -1.03. The number of amides is 2. The molecule has 33 heavy (non-hydrogen) atoms. The number of nitrogens with one attached hydrogen (secondary N) is 1. The standard InChI is InChI=1S/C22H23F3N4O4/c23-22(24,25)16-7-3-6-14-15(16)11-29(21(14)33)17(10-13-4-1-2-5-13)20(32)26-18-8-9-28(27-18)12-19(30)31/h3,6-9,13,17H,1-2,4-5,10-12H2,(H,30,31)(H,26,27,32). The Kier molecular flexibility index (Phi) is 6.13. The van der Waals surface area contributed by atoms with Crippen molar-refractivity contribution in [2.45, 2.75) is 57.4 Å². The molecule has 2 N–H and O–H groups in total. The highest BCUT2D eigenvalue weighted by molar-refractivity contribution is 6.03. The van der Waals surface area contributed by atoms with Gasteiger partial charge in [0.1, 0.15) is 12.6 Å². The molecule has 0 spiro atoms. The quantitative estimate of drug-likeness (QED) is 0.652. The fourth-order valence-electron chi connectivity index (χ4n) is 4.67. The average molecular weight is 464 g/mol. The molecule has 2 aliphatic rings. The van der Waals surface area contributed by atoms with Gasteiger partial charge in [-0.2, -0.15) is 18.3 Å². The summed E-state index contributed by atoms with van der Waals surface area (Å²) in [5, 5.41) is 15.5. The van der Waals surface area contributed by atoms with Gasteiger partial charge in [-0.1, -0.05) is 31.7 Å². The van der Waals surface area contributed by atoms with Gasteiger partial charge in [-0.15, -0.1) is 0 Å². The van der Waals surface area contributed by atoms with Crippen LogP contribution < -0.4 is 5.32 Å². The molecule has 1 aliphatic heterocycles. The molecular formula is C22H23F3N4O4. The van der Waals surface area contributed by atoms with Gasteiger partial charge in [0.15, 0.2) is 5.82 Å². The zero-order valence-corrected chi connectivity index (χ0v) is 17.6. The number of aromatic nitrogens is 2. The summed E-state index contributed by atoms with van der Waals surface area (Å²) in [6.45, 7) is -0.691. The topological polar surface area (TPSA) is 105 Å². The zero-order chi connectivity index (χ0) is 23.8. The summed E-state index contributed by atoms with van der Waals surface area (Å²) in [6, 6.07) is 3.94. The lowest BCUT2D eigenvalue weighted by Gasteiger charge is -2.29. The second-order valence-corrected chi connectivity index (χ2v) is 8.45. The first-order valence-electron chi connectivity index (χ1n) is 10.7. The van der Waals surface area contributed by atoms with Crippen molar-refractivity contribution in [3.8, 4) is 0 Å². The van der Waals surface area contributed by atoms with E-state index < -0.39 is 35.6 Å². The van der Waals surface area contributed by atoms with Gasteiger partial charge in [-0.05, 0) is 30.0 Å². The number of fused-ring (bicyclic) bond motifs is 1. The summed E-state index contributed by atoms with van der Waals surface area (Å²) >= 11 is 0. The van der Waals surface area contributed by atoms with Crippen molar-refractivity contribution >= 4 is 23.6 Å². The highest BCUT2D eigenvalue weighted by Gasteiger charge is 2.43. The van der Waals surface area contributed by atoms with E-state index in [2.05, 4.69) is 10.4 Å². The van der Waals surface area contributed by atoms with E-state index in [0.29, 0.717) is 6.42 Å². The van der Waals surface area contributed by atoms with E-state index in [1.807, 2.05) is 0 Å². The SMILES string of the molecule is O=C(O)Cn1ccc(NC(=O)C(CC2CCCC2)N2Cc3c(cccc3C(F)(F)F)C2=O)n1. The monoisotopic (exact) mass is 464 g/mol. The number of rotatable bonds is 7. The molecule has 1 aromatic carbocycles. The predicted octanol–water partition coefficient (Wildman–Crippen LogP) is 3.53. The van der Waals surface area contributed by atoms with Crippen LogP contribution in [0, 0.1) is 5.92 Å².